The standard InChI is InChI=1S/C21H19N3O3/c22-14-15-6-7-19-17(12-15)18(25)13-21(27-19)8-10-24(11-9-21)20(26)23-16-4-2-1-3-5-16/h1-7,12H,8-11,13H2,(H,23,26). The van der Waals surface area contributed by atoms with Gasteiger partial charge in [0.2, 0.25) is 0 Å². The summed E-state index contributed by atoms with van der Waals surface area (Å²) in [5, 5.41) is 11.9. The second-order valence-electron chi connectivity index (χ2n) is 6.99. The highest BCUT2D eigenvalue weighted by molar-refractivity contribution is 6.00. The normalized spacial score (nSPS) is 17.6. The van der Waals surface area contributed by atoms with Gasteiger partial charge >= 0.3 is 6.03 Å². The van der Waals surface area contributed by atoms with E-state index in [0.717, 1.165) is 5.69 Å². The molecule has 6 nitrogen and oxygen atoms in total. The summed E-state index contributed by atoms with van der Waals surface area (Å²) in [4.78, 5) is 26.8. The minimum absolute atomic E-state index is 0.00413. The first-order chi connectivity index (χ1) is 13.1. The van der Waals surface area contributed by atoms with Gasteiger partial charge in [-0.1, -0.05) is 18.2 Å². The highest BCUT2D eigenvalue weighted by Gasteiger charge is 2.43. The minimum atomic E-state index is -0.568. The van der Waals surface area contributed by atoms with Crippen LogP contribution >= 0.6 is 0 Å². The van der Waals surface area contributed by atoms with Crippen LogP contribution in [0.15, 0.2) is 48.5 Å². The molecule has 27 heavy (non-hydrogen) atoms. The molecule has 0 unspecified atom stereocenters. The largest absolute Gasteiger partial charge is 0.486 e. The average molecular weight is 361 g/mol. The number of benzene rings is 2. The third-order valence-electron chi connectivity index (χ3n) is 5.21. The van der Waals surface area contributed by atoms with Crippen LogP contribution in [0.5, 0.6) is 5.75 Å². The number of nitrogens with zero attached hydrogens (tertiary/aromatic N) is 2. The SMILES string of the molecule is N#Cc1ccc2c(c1)C(=O)CC1(CCN(C(=O)Nc3ccccc3)CC1)O2. The lowest BCUT2D eigenvalue weighted by Gasteiger charge is -2.43. The van der Waals surface area contributed by atoms with Crippen molar-refractivity contribution in [2.75, 3.05) is 18.4 Å². The summed E-state index contributed by atoms with van der Waals surface area (Å²) in [6.07, 6.45) is 1.48. The van der Waals surface area contributed by atoms with E-state index in [-0.39, 0.29) is 18.2 Å². The van der Waals surface area contributed by atoms with E-state index < -0.39 is 5.60 Å². The Morgan fingerprint density at radius 3 is 2.59 bits per heavy atom. The smallest absolute Gasteiger partial charge is 0.321 e. The number of fused-ring (bicyclic) bond motifs is 1. The van der Waals surface area contributed by atoms with Crippen molar-refractivity contribution in [1.82, 2.24) is 4.90 Å². The molecule has 1 N–H and O–H groups in total. The molecule has 6 heteroatoms. The van der Waals surface area contributed by atoms with Crippen LogP contribution in [0.2, 0.25) is 0 Å². The van der Waals surface area contributed by atoms with Crippen LogP contribution in [-0.4, -0.2) is 35.4 Å². The lowest BCUT2D eigenvalue weighted by atomic mass is 9.82. The fraction of sp³-hybridized carbons (Fsp3) is 0.286. The third-order valence-corrected chi connectivity index (χ3v) is 5.21. The molecule has 1 saturated heterocycles. The van der Waals surface area contributed by atoms with E-state index in [2.05, 4.69) is 5.32 Å². The van der Waals surface area contributed by atoms with Crippen LogP contribution in [0.1, 0.15) is 35.2 Å². The number of hydrogen-bond acceptors (Lipinski definition) is 4. The first kappa shape index (κ1) is 17.1. The van der Waals surface area contributed by atoms with Gasteiger partial charge in [0.25, 0.3) is 0 Å². The van der Waals surface area contributed by atoms with E-state index in [9.17, 15) is 9.59 Å². The summed E-state index contributed by atoms with van der Waals surface area (Å²) in [6, 6.07) is 16.2. The van der Waals surface area contributed by atoms with Crippen molar-refractivity contribution in [2.45, 2.75) is 24.9 Å². The van der Waals surface area contributed by atoms with Gasteiger partial charge in [0.1, 0.15) is 11.4 Å². The van der Waals surface area contributed by atoms with Crippen LogP contribution in [0.25, 0.3) is 0 Å². The number of rotatable bonds is 1. The highest BCUT2D eigenvalue weighted by atomic mass is 16.5. The van der Waals surface area contributed by atoms with E-state index >= 15 is 0 Å². The Morgan fingerprint density at radius 1 is 1.15 bits per heavy atom. The number of ketones is 1. The molecule has 1 fully saturated rings. The van der Waals surface area contributed by atoms with Crippen molar-refractivity contribution in [3.05, 3.63) is 59.7 Å². The molecule has 136 valence electrons. The summed E-state index contributed by atoms with van der Waals surface area (Å²) in [6.45, 7) is 1.05. The molecule has 1 spiro atoms. The molecule has 2 aromatic carbocycles. The van der Waals surface area contributed by atoms with Gasteiger partial charge in [-0.3, -0.25) is 4.79 Å². The van der Waals surface area contributed by atoms with Crippen LogP contribution in [-0.2, 0) is 0 Å². The molecule has 4 rings (SSSR count). The Morgan fingerprint density at radius 2 is 1.89 bits per heavy atom. The van der Waals surface area contributed by atoms with E-state index in [0.29, 0.717) is 42.8 Å². The zero-order chi connectivity index (χ0) is 18.9. The molecule has 0 saturated carbocycles. The fourth-order valence-electron chi connectivity index (χ4n) is 3.68. The van der Waals surface area contributed by atoms with Crippen molar-refractivity contribution in [3.8, 4) is 11.8 Å². The van der Waals surface area contributed by atoms with Crippen molar-refractivity contribution >= 4 is 17.5 Å². The maximum atomic E-state index is 12.6. The number of hydrogen-bond donors (Lipinski definition) is 1. The topological polar surface area (TPSA) is 82.4 Å². The lowest BCUT2D eigenvalue weighted by molar-refractivity contribution is 0.000381. The number of piperidine rings is 1. The minimum Gasteiger partial charge on any atom is -0.486 e. The summed E-state index contributed by atoms with van der Waals surface area (Å²) < 4.78 is 6.19. The van der Waals surface area contributed by atoms with Crippen LogP contribution in [0, 0.1) is 11.3 Å². The lowest BCUT2D eigenvalue weighted by Crippen LogP contribution is -2.53. The zero-order valence-electron chi connectivity index (χ0n) is 14.8. The van der Waals surface area contributed by atoms with Crippen LogP contribution in [0.4, 0.5) is 10.5 Å². The van der Waals surface area contributed by atoms with Gasteiger partial charge in [-0.05, 0) is 30.3 Å². The van der Waals surface area contributed by atoms with Gasteiger partial charge in [-0.15, -0.1) is 0 Å². The fourth-order valence-corrected chi connectivity index (χ4v) is 3.68. The van der Waals surface area contributed by atoms with Gasteiger partial charge in [-0.2, -0.15) is 5.26 Å². The molecule has 0 radical (unpaired) electrons. The number of urea groups is 1. The first-order valence-electron chi connectivity index (χ1n) is 8.96. The number of carbonyl (C=O) groups is 2. The molecule has 0 aromatic heterocycles. The molecular formula is C21H19N3O3. The van der Waals surface area contributed by atoms with Crippen LogP contribution in [0.3, 0.4) is 0 Å². The number of ether oxygens (including phenoxy) is 1. The van der Waals surface area contributed by atoms with Crippen molar-refractivity contribution in [3.63, 3.8) is 0 Å². The summed E-state index contributed by atoms with van der Waals surface area (Å²) >= 11 is 0. The number of nitrogens with one attached hydrogen (secondary N) is 1. The molecule has 2 aliphatic rings. The predicted molar refractivity (Wildman–Crippen MR) is 99.7 cm³/mol. The summed E-state index contributed by atoms with van der Waals surface area (Å²) in [5.41, 5.74) is 1.12. The second kappa shape index (κ2) is 6.76. The maximum absolute atomic E-state index is 12.6. The molecule has 0 aliphatic carbocycles. The molecular weight excluding hydrogens is 342 g/mol. The highest BCUT2D eigenvalue weighted by Crippen LogP contribution is 2.39. The maximum Gasteiger partial charge on any atom is 0.321 e. The van der Waals surface area contributed by atoms with Crippen molar-refractivity contribution in [2.24, 2.45) is 0 Å². The van der Waals surface area contributed by atoms with Gasteiger partial charge < -0.3 is 15.0 Å². The van der Waals surface area contributed by atoms with Gasteiger partial charge in [0, 0.05) is 31.6 Å². The number of amides is 2. The number of likely N-dealkylation sites (tertiary alicyclic amines) is 1. The Balaban J connectivity index is 1.43. The Bertz CT molecular complexity index is 925. The molecule has 2 aliphatic heterocycles. The van der Waals surface area contributed by atoms with Crippen molar-refractivity contribution < 1.29 is 14.3 Å². The van der Waals surface area contributed by atoms with E-state index in [1.165, 1.54) is 0 Å². The Kier molecular flexibility index (Phi) is 4.28. The molecule has 2 amide bonds. The van der Waals surface area contributed by atoms with Gasteiger partial charge in [-0.25, -0.2) is 4.79 Å². The molecule has 0 atom stereocenters. The van der Waals surface area contributed by atoms with Gasteiger partial charge in [0.05, 0.1) is 23.6 Å². The summed E-state index contributed by atoms with van der Waals surface area (Å²) in [7, 11) is 0. The van der Waals surface area contributed by atoms with Gasteiger partial charge in [0.15, 0.2) is 5.78 Å². The number of para-hydroxylation sites is 1. The number of anilines is 1. The molecule has 2 aromatic rings. The van der Waals surface area contributed by atoms with E-state index in [1.54, 1.807) is 23.1 Å². The van der Waals surface area contributed by atoms with E-state index in [4.69, 9.17) is 10.00 Å². The van der Waals surface area contributed by atoms with Crippen LogP contribution < -0.4 is 10.1 Å². The zero-order valence-corrected chi connectivity index (χ0v) is 14.8. The van der Waals surface area contributed by atoms with Crippen molar-refractivity contribution in [1.29, 1.82) is 5.26 Å². The monoisotopic (exact) mass is 361 g/mol. The number of Topliss-reactive ketones (excluding diaryl/α,β-unsaturated/α-hetero) is 1. The predicted octanol–water partition coefficient (Wildman–Crippen LogP) is 3.59. The average Bonchev–Trinajstić information content (AvgIpc) is 2.69. The number of carbonyl (C=O) groups excluding carboxylic acids is 2. The third kappa shape index (κ3) is 3.36. The molecule has 0 bridgehead atoms. The Labute approximate surface area is 157 Å². The molecule has 2 heterocycles. The quantitative estimate of drug-likeness (QED) is 0.841. The number of nitriles is 1. The van der Waals surface area contributed by atoms with E-state index in [1.807, 2.05) is 36.4 Å². The first-order valence-corrected chi connectivity index (χ1v) is 8.96. The Hall–Kier alpha value is -3.33. The summed E-state index contributed by atoms with van der Waals surface area (Å²) in [5.74, 6) is 0.531. The second-order valence-corrected chi connectivity index (χ2v) is 6.99.